The third kappa shape index (κ3) is 5.37. The Morgan fingerprint density at radius 3 is 2.97 bits per heavy atom. The number of thiophene rings is 1. The van der Waals surface area contributed by atoms with Crippen molar-refractivity contribution in [3.05, 3.63) is 51.7 Å². The summed E-state index contributed by atoms with van der Waals surface area (Å²) < 4.78 is 27.8. The van der Waals surface area contributed by atoms with E-state index in [0.29, 0.717) is 25.2 Å². The quantitative estimate of drug-likeness (QED) is 0.642. The lowest BCUT2D eigenvalue weighted by Crippen LogP contribution is -2.36. The smallest absolute Gasteiger partial charge is 0.251 e. The Bertz CT molecular complexity index is 1020. The van der Waals surface area contributed by atoms with E-state index in [1.54, 1.807) is 29.5 Å². The molecule has 1 N–H and O–H groups in total. The number of fused-ring (bicyclic) bond motifs is 1. The van der Waals surface area contributed by atoms with Crippen LogP contribution in [-0.2, 0) is 23.0 Å². The number of amides is 1. The molecule has 1 saturated heterocycles. The highest BCUT2D eigenvalue weighted by Crippen LogP contribution is 2.28. The van der Waals surface area contributed by atoms with Crippen molar-refractivity contribution in [3.63, 3.8) is 0 Å². The third-order valence-electron chi connectivity index (χ3n) is 6.18. The molecular formula is C23H31N3O3S2. The standard InChI is InChI=1S/C23H31N3O3S2/c1-18-5-3-11-25(16-18)12-4-10-24-23(27)19-6-2-7-21(15-19)31(28,29)26-13-8-22-20(17-26)9-14-30-22/h2,6-7,9,14-15,18H,3-5,8,10-13,16-17H2,1H3,(H,24,27). The zero-order chi connectivity index (χ0) is 21.8. The number of sulfonamides is 1. The van der Waals surface area contributed by atoms with Gasteiger partial charge in [0.15, 0.2) is 0 Å². The van der Waals surface area contributed by atoms with Crippen molar-refractivity contribution in [2.75, 3.05) is 32.7 Å². The van der Waals surface area contributed by atoms with Crippen LogP contribution in [0.3, 0.4) is 0 Å². The van der Waals surface area contributed by atoms with Crippen molar-refractivity contribution < 1.29 is 13.2 Å². The van der Waals surface area contributed by atoms with Crippen LogP contribution >= 0.6 is 11.3 Å². The summed E-state index contributed by atoms with van der Waals surface area (Å²) in [6.45, 7) is 7.01. The number of rotatable bonds is 7. The lowest BCUT2D eigenvalue weighted by Gasteiger charge is -2.30. The molecule has 3 heterocycles. The van der Waals surface area contributed by atoms with Crippen LogP contribution in [0.2, 0.25) is 0 Å². The van der Waals surface area contributed by atoms with Gasteiger partial charge in [0.2, 0.25) is 10.0 Å². The summed E-state index contributed by atoms with van der Waals surface area (Å²) in [5.41, 5.74) is 1.47. The first-order valence-corrected chi connectivity index (χ1v) is 13.4. The summed E-state index contributed by atoms with van der Waals surface area (Å²) in [5.74, 6) is 0.530. The lowest BCUT2D eigenvalue weighted by atomic mass is 10.0. The van der Waals surface area contributed by atoms with Gasteiger partial charge in [-0.15, -0.1) is 11.3 Å². The first-order chi connectivity index (χ1) is 14.9. The molecule has 1 amide bonds. The molecule has 168 valence electrons. The molecule has 4 rings (SSSR count). The van der Waals surface area contributed by atoms with Crippen LogP contribution in [0.25, 0.3) is 0 Å². The Morgan fingerprint density at radius 1 is 1.26 bits per heavy atom. The van der Waals surface area contributed by atoms with E-state index in [9.17, 15) is 13.2 Å². The van der Waals surface area contributed by atoms with Crippen molar-refractivity contribution in [2.24, 2.45) is 5.92 Å². The van der Waals surface area contributed by atoms with Crippen molar-refractivity contribution in [1.29, 1.82) is 0 Å². The Balaban J connectivity index is 1.33. The third-order valence-corrected chi connectivity index (χ3v) is 9.05. The molecule has 2 aliphatic heterocycles. The van der Waals surface area contributed by atoms with E-state index >= 15 is 0 Å². The molecule has 31 heavy (non-hydrogen) atoms. The Labute approximate surface area is 189 Å². The fourth-order valence-electron chi connectivity index (χ4n) is 4.47. The van der Waals surface area contributed by atoms with Crippen molar-refractivity contribution in [1.82, 2.24) is 14.5 Å². The number of hydrogen-bond donors (Lipinski definition) is 1. The van der Waals surface area contributed by atoms with E-state index in [0.717, 1.165) is 44.0 Å². The molecule has 0 bridgehead atoms. The summed E-state index contributed by atoms with van der Waals surface area (Å²) in [4.78, 5) is 16.5. The molecule has 0 saturated carbocycles. The zero-order valence-corrected chi connectivity index (χ0v) is 19.7. The number of carbonyl (C=O) groups is 1. The summed E-state index contributed by atoms with van der Waals surface area (Å²) in [5, 5.41) is 4.96. The summed E-state index contributed by atoms with van der Waals surface area (Å²) in [6, 6.07) is 8.40. The number of nitrogens with zero attached hydrogens (tertiary/aromatic N) is 2. The van der Waals surface area contributed by atoms with E-state index < -0.39 is 10.0 Å². The number of hydrogen-bond acceptors (Lipinski definition) is 5. The van der Waals surface area contributed by atoms with Crippen LogP contribution in [0, 0.1) is 5.92 Å². The van der Waals surface area contributed by atoms with Gasteiger partial charge in [0, 0.05) is 36.6 Å². The Hall–Kier alpha value is -1.74. The monoisotopic (exact) mass is 461 g/mol. The van der Waals surface area contributed by atoms with Gasteiger partial charge in [-0.1, -0.05) is 13.0 Å². The van der Waals surface area contributed by atoms with Gasteiger partial charge >= 0.3 is 0 Å². The van der Waals surface area contributed by atoms with Gasteiger partial charge in [0.25, 0.3) is 5.91 Å². The molecule has 0 spiro atoms. The molecule has 0 aliphatic carbocycles. The normalized spacial score (nSPS) is 20.4. The van der Waals surface area contributed by atoms with E-state index in [2.05, 4.69) is 17.1 Å². The first-order valence-electron chi connectivity index (χ1n) is 11.1. The first kappa shape index (κ1) is 22.5. The average molecular weight is 462 g/mol. The maximum Gasteiger partial charge on any atom is 0.251 e. The fraction of sp³-hybridized carbons (Fsp3) is 0.522. The summed E-state index contributed by atoms with van der Waals surface area (Å²) >= 11 is 1.68. The zero-order valence-electron chi connectivity index (χ0n) is 18.0. The Morgan fingerprint density at radius 2 is 2.13 bits per heavy atom. The summed E-state index contributed by atoms with van der Waals surface area (Å²) in [7, 11) is -3.63. The van der Waals surface area contributed by atoms with Crippen molar-refractivity contribution in [3.8, 4) is 0 Å². The molecule has 0 radical (unpaired) electrons. The minimum Gasteiger partial charge on any atom is -0.352 e. The summed E-state index contributed by atoms with van der Waals surface area (Å²) in [6.07, 6.45) is 4.19. The molecule has 1 fully saturated rings. The van der Waals surface area contributed by atoms with Gasteiger partial charge in [-0.2, -0.15) is 4.31 Å². The van der Waals surface area contributed by atoms with E-state index in [4.69, 9.17) is 0 Å². The molecule has 1 unspecified atom stereocenters. The maximum absolute atomic E-state index is 13.1. The highest BCUT2D eigenvalue weighted by atomic mass is 32.2. The second-order valence-corrected chi connectivity index (χ2v) is 11.6. The molecule has 2 aromatic rings. The predicted octanol–water partition coefficient (Wildman–Crippen LogP) is 3.35. The number of carbonyl (C=O) groups excluding carboxylic acids is 1. The topological polar surface area (TPSA) is 69.7 Å². The van der Waals surface area contributed by atoms with Crippen LogP contribution in [0.4, 0.5) is 0 Å². The SMILES string of the molecule is CC1CCCN(CCCNC(=O)c2cccc(S(=O)(=O)N3CCc4sccc4C3)c2)C1. The average Bonchev–Trinajstić information content (AvgIpc) is 3.25. The molecule has 1 aromatic heterocycles. The van der Waals surface area contributed by atoms with Crippen LogP contribution in [-0.4, -0.2) is 56.3 Å². The van der Waals surface area contributed by atoms with Crippen molar-refractivity contribution in [2.45, 2.75) is 44.0 Å². The van der Waals surface area contributed by atoms with Gasteiger partial charge in [0.05, 0.1) is 4.90 Å². The number of piperidine rings is 1. The predicted molar refractivity (Wildman–Crippen MR) is 124 cm³/mol. The lowest BCUT2D eigenvalue weighted by molar-refractivity contribution is 0.0950. The largest absolute Gasteiger partial charge is 0.352 e. The van der Waals surface area contributed by atoms with Gasteiger partial charge in [-0.05, 0) is 79.9 Å². The van der Waals surface area contributed by atoms with E-state index in [-0.39, 0.29) is 10.8 Å². The number of likely N-dealkylation sites (tertiary alicyclic amines) is 1. The molecule has 1 aromatic carbocycles. The minimum absolute atomic E-state index is 0.182. The van der Waals surface area contributed by atoms with Crippen LogP contribution < -0.4 is 5.32 Å². The highest BCUT2D eigenvalue weighted by molar-refractivity contribution is 7.89. The molecule has 6 nitrogen and oxygen atoms in total. The fourth-order valence-corrected chi connectivity index (χ4v) is 6.83. The van der Waals surface area contributed by atoms with E-state index in [1.165, 1.54) is 28.1 Å². The molecular weight excluding hydrogens is 430 g/mol. The minimum atomic E-state index is -3.63. The van der Waals surface area contributed by atoms with Crippen LogP contribution in [0.15, 0.2) is 40.6 Å². The Kier molecular flexibility index (Phi) is 7.11. The number of nitrogens with one attached hydrogen (secondary N) is 1. The van der Waals surface area contributed by atoms with Gasteiger partial charge < -0.3 is 10.2 Å². The van der Waals surface area contributed by atoms with Gasteiger partial charge in [0.1, 0.15) is 0 Å². The maximum atomic E-state index is 13.1. The van der Waals surface area contributed by atoms with Gasteiger partial charge in [-0.3, -0.25) is 4.79 Å². The highest BCUT2D eigenvalue weighted by Gasteiger charge is 2.29. The van der Waals surface area contributed by atoms with Crippen LogP contribution in [0.1, 0.15) is 47.0 Å². The molecule has 8 heteroatoms. The van der Waals surface area contributed by atoms with E-state index in [1.807, 2.05) is 11.4 Å². The van der Waals surface area contributed by atoms with Crippen LogP contribution in [0.5, 0.6) is 0 Å². The molecule has 2 aliphatic rings. The second kappa shape index (κ2) is 9.81. The number of benzene rings is 1. The molecule has 1 atom stereocenters. The van der Waals surface area contributed by atoms with Crippen molar-refractivity contribution >= 4 is 27.3 Å². The second-order valence-electron chi connectivity index (χ2n) is 8.64. The van der Waals surface area contributed by atoms with Gasteiger partial charge in [-0.25, -0.2) is 8.42 Å².